The Morgan fingerprint density at radius 2 is 1.80 bits per heavy atom. The minimum atomic E-state index is -0.339. The van der Waals surface area contributed by atoms with Gasteiger partial charge in [0.15, 0.2) is 0 Å². The first-order valence-electron chi connectivity index (χ1n) is 8.20. The van der Waals surface area contributed by atoms with Crippen molar-refractivity contribution in [3.63, 3.8) is 0 Å². The Balaban J connectivity index is 1.55. The zero-order valence-corrected chi connectivity index (χ0v) is 13.8. The molecule has 2 aromatic carbocycles. The average molecular weight is 329 g/mol. The summed E-state index contributed by atoms with van der Waals surface area (Å²) in [6.45, 7) is 0.346. The Hall–Kier alpha value is -3.20. The summed E-state index contributed by atoms with van der Waals surface area (Å²) in [5.74, 6) is -0.339. The van der Waals surface area contributed by atoms with Gasteiger partial charge in [0.25, 0.3) is 0 Å². The molecular weight excluding hydrogens is 310 g/mol. The van der Waals surface area contributed by atoms with E-state index in [2.05, 4.69) is 29.2 Å². The van der Waals surface area contributed by atoms with Gasteiger partial charge >= 0.3 is 5.97 Å². The highest BCUT2D eigenvalue weighted by Crippen LogP contribution is 2.20. The van der Waals surface area contributed by atoms with Crippen molar-refractivity contribution in [2.45, 2.75) is 6.42 Å². The fraction of sp³-hybridized carbons (Fsp3) is 0.0909. The van der Waals surface area contributed by atoms with Crippen LogP contribution in [0.2, 0.25) is 0 Å². The number of carbonyl (C=O) groups is 1. The summed E-state index contributed by atoms with van der Waals surface area (Å²) in [4.78, 5) is 15.9. The third-order valence-electron chi connectivity index (χ3n) is 3.76. The van der Waals surface area contributed by atoms with E-state index < -0.39 is 0 Å². The number of benzene rings is 2. The number of hydrogen-bond acceptors (Lipinski definition) is 3. The predicted molar refractivity (Wildman–Crippen MR) is 99.8 cm³/mol. The standard InChI is InChI=1S/C22H19NO2/c24-22(25-15-13-19-7-5-14-23-17-19)12-11-18-6-4-10-21(16-18)20-8-2-1-3-9-20/h1-12,14,16-17H,13,15H2/b12-11+. The molecule has 1 aromatic heterocycles. The smallest absolute Gasteiger partial charge is 0.330 e. The Labute approximate surface area is 147 Å². The summed E-state index contributed by atoms with van der Waals surface area (Å²) in [6, 6.07) is 22.0. The lowest BCUT2D eigenvalue weighted by atomic mass is 10.0. The molecule has 0 unspecified atom stereocenters. The van der Waals surface area contributed by atoms with Crippen molar-refractivity contribution in [3.05, 3.63) is 96.3 Å². The molecule has 0 fully saturated rings. The SMILES string of the molecule is O=C(/C=C/c1cccc(-c2ccccc2)c1)OCCc1cccnc1. The van der Waals surface area contributed by atoms with Crippen LogP contribution in [0.15, 0.2) is 85.2 Å². The van der Waals surface area contributed by atoms with Crippen LogP contribution < -0.4 is 0 Å². The zero-order chi connectivity index (χ0) is 17.3. The van der Waals surface area contributed by atoms with Gasteiger partial charge in [0.2, 0.25) is 0 Å². The lowest BCUT2D eigenvalue weighted by molar-refractivity contribution is -0.137. The molecule has 0 saturated heterocycles. The first-order chi connectivity index (χ1) is 12.3. The molecule has 0 N–H and O–H groups in total. The number of hydrogen-bond donors (Lipinski definition) is 0. The quantitative estimate of drug-likeness (QED) is 0.492. The van der Waals surface area contributed by atoms with Crippen molar-refractivity contribution in [1.29, 1.82) is 0 Å². The molecule has 25 heavy (non-hydrogen) atoms. The van der Waals surface area contributed by atoms with E-state index in [0.29, 0.717) is 13.0 Å². The lowest BCUT2D eigenvalue weighted by Crippen LogP contribution is -2.04. The van der Waals surface area contributed by atoms with E-state index in [9.17, 15) is 4.79 Å². The highest BCUT2D eigenvalue weighted by molar-refractivity contribution is 5.87. The molecule has 3 heteroatoms. The van der Waals surface area contributed by atoms with E-state index in [1.807, 2.05) is 42.5 Å². The van der Waals surface area contributed by atoms with Crippen LogP contribution in [-0.2, 0) is 16.0 Å². The number of esters is 1. The first-order valence-corrected chi connectivity index (χ1v) is 8.20. The number of ether oxygens (including phenoxy) is 1. The highest BCUT2D eigenvalue weighted by atomic mass is 16.5. The molecule has 3 aromatic rings. The van der Waals surface area contributed by atoms with Gasteiger partial charge in [0.05, 0.1) is 6.61 Å². The average Bonchev–Trinajstić information content (AvgIpc) is 2.68. The van der Waals surface area contributed by atoms with Gasteiger partial charge in [-0.3, -0.25) is 4.98 Å². The second kappa shape index (κ2) is 8.60. The molecule has 0 spiro atoms. The van der Waals surface area contributed by atoms with E-state index in [1.54, 1.807) is 18.5 Å². The van der Waals surface area contributed by atoms with E-state index in [-0.39, 0.29) is 5.97 Å². The third-order valence-corrected chi connectivity index (χ3v) is 3.76. The fourth-order valence-electron chi connectivity index (χ4n) is 2.48. The van der Waals surface area contributed by atoms with Crippen LogP contribution in [0.4, 0.5) is 0 Å². The van der Waals surface area contributed by atoms with Gasteiger partial charge in [-0.1, -0.05) is 54.6 Å². The van der Waals surface area contributed by atoms with Crippen LogP contribution >= 0.6 is 0 Å². The van der Waals surface area contributed by atoms with Gasteiger partial charge in [0.1, 0.15) is 0 Å². The molecule has 0 aliphatic heterocycles. The number of pyridine rings is 1. The molecular formula is C22H19NO2. The summed E-state index contributed by atoms with van der Waals surface area (Å²) in [5, 5.41) is 0. The summed E-state index contributed by atoms with van der Waals surface area (Å²) < 4.78 is 5.23. The van der Waals surface area contributed by atoms with Gasteiger partial charge in [-0.25, -0.2) is 4.79 Å². The second-order valence-electron chi connectivity index (χ2n) is 5.60. The summed E-state index contributed by atoms with van der Waals surface area (Å²) >= 11 is 0. The normalized spacial score (nSPS) is 10.7. The van der Waals surface area contributed by atoms with Gasteiger partial charge in [-0.15, -0.1) is 0 Å². The number of rotatable bonds is 6. The van der Waals surface area contributed by atoms with E-state index >= 15 is 0 Å². The minimum absolute atomic E-state index is 0.339. The monoisotopic (exact) mass is 329 g/mol. The molecule has 3 nitrogen and oxygen atoms in total. The number of aromatic nitrogens is 1. The van der Waals surface area contributed by atoms with E-state index in [0.717, 1.165) is 22.3 Å². The Bertz CT molecular complexity index is 842. The molecule has 0 atom stereocenters. The van der Waals surface area contributed by atoms with Crippen molar-refractivity contribution in [1.82, 2.24) is 4.98 Å². The van der Waals surface area contributed by atoms with Gasteiger partial charge in [0, 0.05) is 24.9 Å². The van der Waals surface area contributed by atoms with Crippen molar-refractivity contribution in [2.75, 3.05) is 6.61 Å². The van der Waals surface area contributed by atoms with Crippen molar-refractivity contribution in [2.24, 2.45) is 0 Å². The number of nitrogens with zero attached hydrogens (tertiary/aromatic N) is 1. The third kappa shape index (κ3) is 5.15. The van der Waals surface area contributed by atoms with Crippen LogP contribution in [-0.4, -0.2) is 17.6 Å². The first kappa shape index (κ1) is 16.7. The Morgan fingerprint density at radius 1 is 0.960 bits per heavy atom. The maximum Gasteiger partial charge on any atom is 0.330 e. The zero-order valence-electron chi connectivity index (χ0n) is 13.8. The molecule has 3 rings (SSSR count). The topological polar surface area (TPSA) is 39.2 Å². The second-order valence-corrected chi connectivity index (χ2v) is 5.60. The molecule has 1 heterocycles. The molecule has 0 bridgehead atoms. The molecule has 0 radical (unpaired) electrons. The van der Waals surface area contributed by atoms with Crippen LogP contribution in [0.5, 0.6) is 0 Å². The Morgan fingerprint density at radius 3 is 2.60 bits per heavy atom. The maximum atomic E-state index is 11.8. The van der Waals surface area contributed by atoms with Gasteiger partial charge in [-0.2, -0.15) is 0 Å². The van der Waals surface area contributed by atoms with Crippen LogP contribution in [0.3, 0.4) is 0 Å². The highest BCUT2D eigenvalue weighted by Gasteiger charge is 2.00. The van der Waals surface area contributed by atoms with E-state index in [1.165, 1.54) is 6.08 Å². The molecule has 124 valence electrons. The van der Waals surface area contributed by atoms with Crippen LogP contribution in [0, 0.1) is 0 Å². The Kier molecular flexibility index (Phi) is 5.73. The largest absolute Gasteiger partial charge is 0.462 e. The van der Waals surface area contributed by atoms with Gasteiger partial charge in [-0.05, 0) is 40.5 Å². The predicted octanol–water partition coefficient (Wildman–Crippen LogP) is 4.55. The minimum Gasteiger partial charge on any atom is -0.462 e. The fourth-order valence-corrected chi connectivity index (χ4v) is 2.48. The summed E-state index contributed by atoms with van der Waals surface area (Å²) in [7, 11) is 0. The maximum absolute atomic E-state index is 11.8. The molecule has 0 aliphatic rings. The molecule has 0 aliphatic carbocycles. The van der Waals surface area contributed by atoms with Crippen molar-refractivity contribution < 1.29 is 9.53 Å². The molecule has 0 saturated carbocycles. The van der Waals surface area contributed by atoms with E-state index in [4.69, 9.17) is 4.74 Å². The van der Waals surface area contributed by atoms with Crippen LogP contribution in [0.1, 0.15) is 11.1 Å². The van der Waals surface area contributed by atoms with Crippen molar-refractivity contribution >= 4 is 12.0 Å². The van der Waals surface area contributed by atoms with Crippen LogP contribution in [0.25, 0.3) is 17.2 Å². The lowest BCUT2D eigenvalue weighted by Gasteiger charge is -2.03. The summed E-state index contributed by atoms with van der Waals surface area (Å²) in [5.41, 5.74) is 4.28. The van der Waals surface area contributed by atoms with Gasteiger partial charge < -0.3 is 4.74 Å². The molecule has 0 amide bonds. The number of carbonyl (C=O) groups excluding carboxylic acids is 1. The van der Waals surface area contributed by atoms with Crippen molar-refractivity contribution in [3.8, 4) is 11.1 Å². The summed E-state index contributed by atoms with van der Waals surface area (Å²) in [6.07, 6.45) is 7.41.